The van der Waals surface area contributed by atoms with Crippen molar-refractivity contribution in [2.24, 2.45) is 5.10 Å². The van der Waals surface area contributed by atoms with E-state index in [2.05, 4.69) is 37.9 Å². The summed E-state index contributed by atoms with van der Waals surface area (Å²) in [5.41, 5.74) is 0.978. The average Bonchev–Trinajstić information content (AvgIpc) is 3.07. The molecule has 0 spiro atoms. The Labute approximate surface area is 214 Å². The third-order valence-corrected chi connectivity index (χ3v) is 4.99. The monoisotopic (exact) mass is 667 g/mol. The van der Waals surface area contributed by atoms with Crippen LogP contribution in [0.4, 0.5) is 27.6 Å². The summed E-state index contributed by atoms with van der Waals surface area (Å²) in [6.07, 6.45) is -1.42. The number of anilines is 1. The van der Waals surface area contributed by atoms with Crippen molar-refractivity contribution in [3.8, 4) is 11.3 Å². The largest absolute Gasteiger partial charge is 0.405 e. The second-order valence-corrected chi connectivity index (χ2v) is 7.39. The van der Waals surface area contributed by atoms with Gasteiger partial charge in [0.1, 0.15) is 6.34 Å². The molecule has 4 rings (SSSR count). The molecular weight excluding hydrogens is 646 g/mol. The second-order valence-electron chi connectivity index (χ2n) is 7.39. The molecule has 0 fully saturated rings. The summed E-state index contributed by atoms with van der Waals surface area (Å²) < 4.78 is 65.4. The number of hydrogen-bond donors (Lipinski definition) is 0. The molecule has 1 aliphatic heterocycles. The van der Waals surface area contributed by atoms with Crippen molar-refractivity contribution in [1.29, 1.82) is 0 Å². The van der Waals surface area contributed by atoms with Crippen LogP contribution in [0.1, 0.15) is 16.7 Å². The van der Waals surface area contributed by atoms with Crippen LogP contribution >= 0.6 is 0 Å². The van der Waals surface area contributed by atoms with Gasteiger partial charge in [0.25, 0.3) is 0 Å². The van der Waals surface area contributed by atoms with Gasteiger partial charge in [0.05, 0.1) is 11.9 Å². The molecule has 1 atom stereocenters. The Balaban J connectivity index is 0.000000241. The van der Waals surface area contributed by atoms with Crippen molar-refractivity contribution in [2.75, 3.05) is 12.1 Å². The molecule has 189 valence electrons. The van der Waals surface area contributed by atoms with Gasteiger partial charge < -0.3 is 21.4 Å². The fraction of sp³-hybridized carbons (Fsp3) is 0.125. The Kier molecular flexibility index (Phi) is 8.75. The zero-order chi connectivity index (χ0) is 25.2. The summed E-state index contributed by atoms with van der Waals surface area (Å²) in [7, 11) is 5.49. The molecule has 0 aliphatic carbocycles. The van der Waals surface area contributed by atoms with Crippen molar-refractivity contribution >= 4 is 12.0 Å². The zero-order valence-corrected chi connectivity index (χ0v) is 21.0. The molecule has 2 aromatic heterocycles. The Bertz CT molecular complexity index is 1190. The molecule has 35 heavy (non-hydrogen) atoms. The van der Waals surface area contributed by atoms with Crippen molar-refractivity contribution in [1.82, 2.24) is 9.88 Å². The van der Waals surface area contributed by atoms with Crippen LogP contribution in [-0.4, -0.2) is 29.4 Å². The maximum absolute atomic E-state index is 13.5. The van der Waals surface area contributed by atoms with Gasteiger partial charge in [-0.3, -0.25) is 0 Å². The first-order valence-electron chi connectivity index (χ1n) is 9.81. The van der Waals surface area contributed by atoms with Gasteiger partial charge in [-0.05, 0) is 17.4 Å². The van der Waals surface area contributed by atoms with Gasteiger partial charge >= 0.3 is 6.18 Å². The quantitative estimate of drug-likeness (QED) is 0.170. The molecule has 0 N–H and O–H groups in total. The third kappa shape index (κ3) is 6.23. The maximum Gasteiger partial charge on any atom is 0.405 e. The number of alkyl halides is 3. The summed E-state index contributed by atoms with van der Waals surface area (Å²) in [4.78, 5) is 4.88. The number of aromatic nitrogens is 2. The molecule has 1 unspecified atom stereocenters. The molecule has 0 saturated carbocycles. The number of hydrogen-bond acceptors (Lipinski definition) is 4. The van der Waals surface area contributed by atoms with E-state index in [0.717, 1.165) is 18.2 Å². The van der Waals surface area contributed by atoms with Gasteiger partial charge in [0, 0.05) is 34.2 Å². The number of rotatable bonds is 2. The van der Waals surface area contributed by atoms with Gasteiger partial charge in [0.2, 0.25) is 0 Å². The predicted octanol–water partition coefficient (Wildman–Crippen LogP) is 4.88. The minimum atomic E-state index is -4.36. The Morgan fingerprint density at radius 1 is 1.03 bits per heavy atom. The molecule has 3 heterocycles. The molecule has 1 aromatic carbocycles. The standard InChI is InChI=1S/C12H12F3N3.C12H9F2N2.Ir/c1-8-6-10(12(13,14)15)4-5-11(8)18-9(2)17(3)7-16-18;1-8-7-10(13)15-12(14)11(8)9-5-3-4-6-16(9)2;/h4-7,9H,1-2H2,3H3;3-7H,1-2H2;/q-2;-1;. The maximum atomic E-state index is 13.5. The number of pyridine rings is 2. The van der Waals surface area contributed by atoms with Gasteiger partial charge in [-0.2, -0.15) is 47.6 Å². The third-order valence-electron chi connectivity index (χ3n) is 4.99. The molecule has 3 aromatic rings. The van der Waals surface area contributed by atoms with Gasteiger partial charge in [-0.1, -0.05) is 35.9 Å². The molecule has 11 heteroatoms. The predicted molar refractivity (Wildman–Crippen MR) is 119 cm³/mol. The fourth-order valence-electron chi connectivity index (χ4n) is 3.18. The van der Waals surface area contributed by atoms with Crippen LogP contribution in [0.15, 0.2) is 53.8 Å². The van der Waals surface area contributed by atoms with Crippen LogP contribution in [0.2, 0.25) is 0 Å². The van der Waals surface area contributed by atoms with E-state index in [9.17, 15) is 22.0 Å². The summed E-state index contributed by atoms with van der Waals surface area (Å²) in [6.45, 7) is 11.1. The van der Waals surface area contributed by atoms with E-state index in [1.54, 1.807) is 42.7 Å². The van der Waals surface area contributed by atoms with Gasteiger partial charge in [-0.25, -0.2) is 9.37 Å². The molecule has 5 nitrogen and oxygen atoms in total. The average molecular weight is 667 g/mol. The Hall–Kier alpha value is -3.30. The van der Waals surface area contributed by atoms with E-state index in [1.165, 1.54) is 15.6 Å². The summed E-state index contributed by atoms with van der Waals surface area (Å²) in [6, 6.07) is 9.64. The van der Waals surface area contributed by atoms with Crippen molar-refractivity contribution in [2.45, 2.75) is 12.3 Å². The molecule has 0 bridgehead atoms. The summed E-state index contributed by atoms with van der Waals surface area (Å²) >= 11 is 0. The van der Waals surface area contributed by atoms with Crippen molar-refractivity contribution in [3.05, 3.63) is 105 Å². The van der Waals surface area contributed by atoms with E-state index >= 15 is 0 Å². The minimum Gasteiger partial charge on any atom is -0.372 e. The second kappa shape index (κ2) is 11.0. The van der Waals surface area contributed by atoms with E-state index in [-0.39, 0.29) is 43.0 Å². The number of benzene rings is 1. The van der Waals surface area contributed by atoms with E-state index in [0.29, 0.717) is 11.4 Å². The first kappa shape index (κ1) is 27.9. The molecule has 1 radical (unpaired) electrons. The molecule has 0 amide bonds. The minimum absolute atomic E-state index is 0. The smallest absolute Gasteiger partial charge is 0.372 e. The van der Waals surface area contributed by atoms with Crippen LogP contribution in [0.5, 0.6) is 0 Å². The van der Waals surface area contributed by atoms with Gasteiger partial charge in [-0.15, -0.1) is 12.1 Å². The normalized spacial score (nSPS) is 14.9. The Morgan fingerprint density at radius 3 is 2.23 bits per heavy atom. The number of hydrazone groups is 1. The molecule has 0 saturated heterocycles. The van der Waals surface area contributed by atoms with Crippen LogP contribution in [0.25, 0.3) is 11.3 Å². The first-order valence-corrected chi connectivity index (χ1v) is 9.81. The van der Waals surface area contributed by atoms with E-state index in [1.807, 2.05) is 0 Å². The van der Waals surface area contributed by atoms with Gasteiger partial charge in [0.15, 0.2) is 11.9 Å². The van der Waals surface area contributed by atoms with Crippen LogP contribution in [0.3, 0.4) is 0 Å². The number of halogens is 5. The topological polar surface area (TPSA) is 35.6 Å². The zero-order valence-electron chi connectivity index (χ0n) is 18.6. The van der Waals surface area contributed by atoms with Crippen LogP contribution in [0, 0.1) is 39.7 Å². The van der Waals surface area contributed by atoms with E-state index < -0.39 is 23.6 Å². The first-order chi connectivity index (χ1) is 15.9. The number of nitrogens with zero attached hydrogens (tertiary/aromatic N) is 5. The van der Waals surface area contributed by atoms with Crippen molar-refractivity contribution < 1.29 is 46.6 Å². The Morgan fingerprint density at radius 2 is 1.71 bits per heavy atom. The molecular formula is C24H21F5IrN5-3. The van der Waals surface area contributed by atoms with Crippen LogP contribution < -0.4 is 9.58 Å². The van der Waals surface area contributed by atoms with E-state index in [4.69, 9.17) is 0 Å². The summed E-state index contributed by atoms with van der Waals surface area (Å²) in [5, 5.41) is 5.60. The van der Waals surface area contributed by atoms with Crippen molar-refractivity contribution in [3.63, 3.8) is 0 Å². The molecule has 1 aliphatic rings. The SMILES string of the molecule is [CH2-]c1cc(C(F)(F)F)ccc1N1N=CN(C)C1[CH2-].[CH2-]c1cc(F)nc(F)c1-c1cccc[n+]1[CH2-].[Ir]. The summed E-state index contributed by atoms with van der Waals surface area (Å²) in [5.74, 6) is -1.76. The fourth-order valence-corrected chi connectivity index (χ4v) is 3.18. The van der Waals surface area contributed by atoms with Crippen LogP contribution in [-0.2, 0) is 26.3 Å².